The Balaban J connectivity index is 2.24. The van der Waals surface area contributed by atoms with Crippen molar-refractivity contribution in [2.75, 3.05) is 0 Å². The normalized spacial score (nSPS) is 23.5. The minimum atomic E-state index is 0.01000. The first-order valence-electron chi connectivity index (χ1n) is 6.92. The lowest BCUT2D eigenvalue weighted by Gasteiger charge is -2.23. The highest BCUT2D eigenvalue weighted by atomic mass is 16.5. The first-order chi connectivity index (χ1) is 9.11. The van der Waals surface area contributed by atoms with E-state index in [1.54, 1.807) is 0 Å². The molecular formula is C15H21N3O. The summed E-state index contributed by atoms with van der Waals surface area (Å²) in [7, 11) is 0. The van der Waals surface area contributed by atoms with Gasteiger partial charge in [0.05, 0.1) is 5.69 Å². The van der Waals surface area contributed by atoms with Crippen molar-refractivity contribution >= 4 is 0 Å². The van der Waals surface area contributed by atoms with E-state index in [0.29, 0.717) is 11.3 Å². The second kappa shape index (κ2) is 6.03. The van der Waals surface area contributed by atoms with Crippen LogP contribution in [0.15, 0.2) is 6.07 Å². The van der Waals surface area contributed by atoms with Crippen molar-refractivity contribution in [3.05, 3.63) is 23.0 Å². The molecule has 1 fully saturated rings. The summed E-state index contributed by atoms with van der Waals surface area (Å²) in [6.07, 6.45) is 5.50. The van der Waals surface area contributed by atoms with Crippen LogP contribution in [0.2, 0.25) is 0 Å². The van der Waals surface area contributed by atoms with Gasteiger partial charge in [0.2, 0.25) is 0 Å². The third-order valence-corrected chi connectivity index (χ3v) is 3.69. The zero-order valence-electron chi connectivity index (χ0n) is 11.6. The zero-order chi connectivity index (χ0) is 13.8. The Bertz CT molecular complexity index is 493. The van der Waals surface area contributed by atoms with Crippen molar-refractivity contribution in [1.29, 1.82) is 5.26 Å². The molecule has 4 nitrogen and oxygen atoms in total. The number of nitrogens with two attached hydrogens (primary N) is 1. The van der Waals surface area contributed by atoms with Gasteiger partial charge in [-0.1, -0.05) is 12.8 Å². The molecular weight excluding hydrogens is 238 g/mol. The highest BCUT2D eigenvalue weighted by molar-refractivity contribution is 5.46. The number of pyridine rings is 1. The summed E-state index contributed by atoms with van der Waals surface area (Å²) in [6, 6.07) is 4.08. The first-order valence-corrected chi connectivity index (χ1v) is 6.92. The predicted octanol–water partition coefficient (Wildman–Crippen LogP) is 2.61. The summed E-state index contributed by atoms with van der Waals surface area (Å²) < 4.78 is 6.04. The maximum Gasteiger partial charge on any atom is 0.141 e. The Labute approximate surface area is 114 Å². The molecule has 1 aliphatic carbocycles. The molecule has 19 heavy (non-hydrogen) atoms. The summed E-state index contributed by atoms with van der Waals surface area (Å²) in [5.74, 6) is 0.634. The minimum absolute atomic E-state index is 0.01000. The van der Waals surface area contributed by atoms with Gasteiger partial charge in [0, 0.05) is 17.8 Å². The van der Waals surface area contributed by atoms with Crippen LogP contribution in [0.1, 0.15) is 49.1 Å². The second-order valence-electron chi connectivity index (χ2n) is 5.29. The average Bonchev–Trinajstić information content (AvgIpc) is 2.54. The standard InChI is InChI=1S/C15H21N3O/c1-10-8-15(12(9-16)11(2)18-10)19-14-7-5-3-4-6-13(14)17/h8,13-14H,3-7,17H2,1-2H3. The van der Waals surface area contributed by atoms with Gasteiger partial charge in [-0.05, 0) is 33.1 Å². The molecule has 0 spiro atoms. The van der Waals surface area contributed by atoms with Crippen molar-refractivity contribution in [1.82, 2.24) is 4.98 Å². The lowest BCUT2D eigenvalue weighted by atomic mass is 10.1. The predicted molar refractivity (Wildman–Crippen MR) is 73.9 cm³/mol. The molecule has 2 N–H and O–H groups in total. The van der Waals surface area contributed by atoms with E-state index in [1.165, 1.54) is 12.8 Å². The Morgan fingerprint density at radius 3 is 2.79 bits per heavy atom. The van der Waals surface area contributed by atoms with Gasteiger partial charge in [-0.3, -0.25) is 4.98 Å². The van der Waals surface area contributed by atoms with Gasteiger partial charge in [0.1, 0.15) is 23.5 Å². The molecule has 0 saturated heterocycles. The molecule has 1 aromatic heterocycles. The summed E-state index contributed by atoms with van der Waals surface area (Å²) in [6.45, 7) is 3.75. The number of nitriles is 1. The molecule has 1 aromatic rings. The smallest absolute Gasteiger partial charge is 0.141 e. The highest BCUT2D eigenvalue weighted by Crippen LogP contribution is 2.26. The maximum atomic E-state index is 9.24. The Hall–Kier alpha value is -1.60. The number of rotatable bonds is 2. The fraction of sp³-hybridized carbons (Fsp3) is 0.600. The fourth-order valence-corrected chi connectivity index (χ4v) is 2.63. The minimum Gasteiger partial charge on any atom is -0.487 e. The van der Waals surface area contributed by atoms with Gasteiger partial charge in [-0.15, -0.1) is 0 Å². The number of hydrogen-bond acceptors (Lipinski definition) is 4. The molecule has 0 bridgehead atoms. The molecule has 4 heteroatoms. The lowest BCUT2D eigenvalue weighted by Crippen LogP contribution is -2.38. The van der Waals surface area contributed by atoms with E-state index in [0.717, 1.165) is 30.7 Å². The average molecular weight is 259 g/mol. The van der Waals surface area contributed by atoms with Gasteiger partial charge in [-0.2, -0.15) is 5.26 Å². The third kappa shape index (κ3) is 3.24. The Morgan fingerprint density at radius 1 is 1.32 bits per heavy atom. The number of aromatic nitrogens is 1. The fourth-order valence-electron chi connectivity index (χ4n) is 2.63. The van der Waals surface area contributed by atoms with Crippen LogP contribution in [-0.4, -0.2) is 17.1 Å². The van der Waals surface area contributed by atoms with E-state index in [9.17, 15) is 5.26 Å². The third-order valence-electron chi connectivity index (χ3n) is 3.69. The van der Waals surface area contributed by atoms with Crippen LogP contribution in [-0.2, 0) is 0 Å². The molecule has 2 atom stereocenters. The molecule has 2 unspecified atom stereocenters. The van der Waals surface area contributed by atoms with Gasteiger partial charge in [0.15, 0.2) is 0 Å². The summed E-state index contributed by atoms with van der Waals surface area (Å²) in [5.41, 5.74) is 8.29. The van der Waals surface area contributed by atoms with Crippen LogP contribution in [0.5, 0.6) is 5.75 Å². The van der Waals surface area contributed by atoms with Crippen molar-refractivity contribution in [2.24, 2.45) is 5.73 Å². The molecule has 0 aliphatic heterocycles. The monoisotopic (exact) mass is 259 g/mol. The molecule has 1 saturated carbocycles. The van der Waals surface area contributed by atoms with Crippen molar-refractivity contribution < 1.29 is 4.74 Å². The van der Waals surface area contributed by atoms with Crippen LogP contribution in [0.25, 0.3) is 0 Å². The largest absolute Gasteiger partial charge is 0.487 e. The van der Waals surface area contributed by atoms with Gasteiger partial charge in [-0.25, -0.2) is 0 Å². The van der Waals surface area contributed by atoms with E-state index in [1.807, 2.05) is 19.9 Å². The number of nitrogens with zero attached hydrogens (tertiary/aromatic N) is 2. The van der Waals surface area contributed by atoms with Crippen molar-refractivity contribution in [3.63, 3.8) is 0 Å². The molecule has 1 aliphatic rings. The molecule has 0 radical (unpaired) electrons. The summed E-state index contributed by atoms with van der Waals surface area (Å²) in [5, 5.41) is 9.24. The lowest BCUT2D eigenvalue weighted by molar-refractivity contribution is 0.162. The van der Waals surface area contributed by atoms with E-state index < -0.39 is 0 Å². The van der Waals surface area contributed by atoms with E-state index in [2.05, 4.69) is 11.1 Å². The molecule has 0 aromatic carbocycles. The van der Waals surface area contributed by atoms with Crippen molar-refractivity contribution in [3.8, 4) is 11.8 Å². The van der Waals surface area contributed by atoms with Crippen LogP contribution in [0, 0.1) is 25.2 Å². The SMILES string of the molecule is Cc1cc(OC2CCCCCC2N)c(C#N)c(C)n1. The van der Waals surface area contributed by atoms with E-state index >= 15 is 0 Å². The Morgan fingerprint density at radius 2 is 2.05 bits per heavy atom. The van der Waals surface area contributed by atoms with Crippen LogP contribution >= 0.6 is 0 Å². The first kappa shape index (κ1) is 13.8. The zero-order valence-corrected chi connectivity index (χ0v) is 11.6. The van der Waals surface area contributed by atoms with Crippen LogP contribution < -0.4 is 10.5 Å². The molecule has 1 heterocycles. The van der Waals surface area contributed by atoms with E-state index in [4.69, 9.17) is 10.5 Å². The number of hydrogen-bond donors (Lipinski definition) is 1. The molecule has 2 rings (SSSR count). The van der Waals surface area contributed by atoms with Gasteiger partial charge in [0.25, 0.3) is 0 Å². The quantitative estimate of drug-likeness (QED) is 0.829. The number of ether oxygens (including phenoxy) is 1. The maximum absolute atomic E-state index is 9.24. The summed E-state index contributed by atoms with van der Waals surface area (Å²) >= 11 is 0. The topological polar surface area (TPSA) is 71.9 Å². The van der Waals surface area contributed by atoms with Crippen molar-refractivity contribution in [2.45, 2.75) is 58.1 Å². The molecule has 0 amide bonds. The second-order valence-corrected chi connectivity index (χ2v) is 5.29. The van der Waals surface area contributed by atoms with Gasteiger partial charge >= 0.3 is 0 Å². The number of aryl methyl sites for hydroxylation is 2. The van der Waals surface area contributed by atoms with E-state index in [-0.39, 0.29) is 12.1 Å². The summed E-state index contributed by atoms with van der Waals surface area (Å²) in [4.78, 5) is 4.30. The van der Waals surface area contributed by atoms with Gasteiger partial charge < -0.3 is 10.5 Å². The Kier molecular flexibility index (Phi) is 4.39. The van der Waals surface area contributed by atoms with Crippen LogP contribution in [0.3, 0.4) is 0 Å². The highest BCUT2D eigenvalue weighted by Gasteiger charge is 2.23. The van der Waals surface area contributed by atoms with Crippen LogP contribution in [0.4, 0.5) is 0 Å². The molecule has 102 valence electrons.